The Kier molecular flexibility index (Phi) is 3.67. The maximum Gasteiger partial charge on any atom is 0.123 e. The Morgan fingerprint density at radius 3 is 2.42 bits per heavy atom. The molecule has 0 amide bonds. The predicted octanol–water partition coefficient (Wildman–Crippen LogP) is 3.24. The van der Waals surface area contributed by atoms with E-state index in [-0.39, 0.29) is 12.2 Å². The van der Waals surface area contributed by atoms with Gasteiger partial charge in [0.15, 0.2) is 0 Å². The highest BCUT2D eigenvalue weighted by molar-refractivity contribution is 5.66. The Labute approximate surface area is 111 Å². The molecule has 0 aliphatic rings. The van der Waals surface area contributed by atoms with Gasteiger partial charge in [0.25, 0.3) is 0 Å². The monoisotopic (exact) mass is 255 g/mol. The summed E-state index contributed by atoms with van der Waals surface area (Å²) in [6.45, 7) is 0. The van der Waals surface area contributed by atoms with Gasteiger partial charge in [-0.05, 0) is 48.0 Å². The molecule has 96 valence electrons. The topological polar surface area (TPSA) is 53.0 Å². The summed E-state index contributed by atoms with van der Waals surface area (Å²) in [5.41, 5.74) is 9.00. The van der Waals surface area contributed by atoms with Gasteiger partial charge in [0.1, 0.15) is 5.82 Å². The van der Waals surface area contributed by atoms with Gasteiger partial charge in [0.05, 0.1) is 12.5 Å². The predicted molar refractivity (Wildman–Crippen MR) is 74.6 cm³/mol. The summed E-state index contributed by atoms with van der Waals surface area (Å²) in [5, 5.41) is 8.76. The SMILES string of the molecule is CN(c1ccc(F)cc1)c1ccc(N)c(CC#N)c1. The molecule has 2 rings (SSSR count). The molecular formula is C15H14FN3. The van der Waals surface area contributed by atoms with Crippen LogP contribution in [0.15, 0.2) is 42.5 Å². The van der Waals surface area contributed by atoms with E-state index in [1.165, 1.54) is 12.1 Å². The molecule has 0 fully saturated rings. The second kappa shape index (κ2) is 5.40. The van der Waals surface area contributed by atoms with Crippen molar-refractivity contribution in [1.29, 1.82) is 5.26 Å². The standard InChI is InChI=1S/C15H14FN3/c1-19(13-4-2-12(16)3-5-13)14-6-7-15(18)11(10-14)8-9-17/h2-7,10H,8,18H2,1H3. The maximum atomic E-state index is 12.9. The first kappa shape index (κ1) is 12.9. The third-order valence-electron chi connectivity index (χ3n) is 3.00. The lowest BCUT2D eigenvalue weighted by atomic mass is 10.1. The number of anilines is 3. The number of nitrogens with zero attached hydrogens (tertiary/aromatic N) is 2. The molecule has 0 radical (unpaired) electrons. The number of rotatable bonds is 3. The molecule has 0 heterocycles. The largest absolute Gasteiger partial charge is 0.398 e. The average Bonchev–Trinajstić information content (AvgIpc) is 2.41. The number of benzene rings is 2. The van der Waals surface area contributed by atoms with E-state index in [1.807, 2.05) is 24.1 Å². The Hall–Kier alpha value is -2.54. The van der Waals surface area contributed by atoms with E-state index < -0.39 is 0 Å². The van der Waals surface area contributed by atoms with Gasteiger partial charge in [-0.3, -0.25) is 0 Å². The average molecular weight is 255 g/mol. The van der Waals surface area contributed by atoms with Crippen LogP contribution in [0.2, 0.25) is 0 Å². The first-order valence-corrected chi connectivity index (χ1v) is 5.86. The number of nitrogens with two attached hydrogens (primary N) is 1. The molecule has 2 N–H and O–H groups in total. The summed E-state index contributed by atoms with van der Waals surface area (Å²) in [6, 6.07) is 13.9. The van der Waals surface area contributed by atoms with Crippen molar-refractivity contribution in [2.75, 3.05) is 17.7 Å². The van der Waals surface area contributed by atoms with Crippen molar-refractivity contribution in [2.45, 2.75) is 6.42 Å². The molecule has 4 heteroatoms. The molecule has 0 spiro atoms. The third kappa shape index (κ3) is 2.83. The molecule has 0 saturated carbocycles. The molecule has 3 nitrogen and oxygen atoms in total. The quantitative estimate of drug-likeness (QED) is 0.856. The van der Waals surface area contributed by atoms with Crippen molar-refractivity contribution in [3.05, 3.63) is 53.8 Å². The minimum atomic E-state index is -0.264. The lowest BCUT2D eigenvalue weighted by Gasteiger charge is -2.20. The fourth-order valence-corrected chi connectivity index (χ4v) is 1.85. The first-order chi connectivity index (χ1) is 9.11. The van der Waals surface area contributed by atoms with E-state index >= 15 is 0 Å². The lowest BCUT2D eigenvalue weighted by Crippen LogP contribution is -2.10. The normalized spacial score (nSPS) is 9.95. The summed E-state index contributed by atoms with van der Waals surface area (Å²) in [4.78, 5) is 1.92. The summed E-state index contributed by atoms with van der Waals surface area (Å²) < 4.78 is 12.9. The van der Waals surface area contributed by atoms with Gasteiger partial charge in [0.2, 0.25) is 0 Å². The van der Waals surface area contributed by atoms with Gasteiger partial charge in [-0.25, -0.2) is 4.39 Å². The van der Waals surface area contributed by atoms with Gasteiger partial charge in [0, 0.05) is 24.1 Å². The van der Waals surface area contributed by atoms with Crippen LogP contribution in [0, 0.1) is 17.1 Å². The van der Waals surface area contributed by atoms with Gasteiger partial charge >= 0.3 is 0 Å². The zero-order chi connectivity index (χ0) is 13.8. The zero-order valence-corrected chi connectivity index (χ0v) is 10.6. The van der Waals surface area contributed by atoms with Crippen molar-refractivity contribution in [3.63, 3.8) is 0 Å². The molecule has 0 saturated heterocycles. The Balaban J connectivity index is 2.33. The molecule has 0 atom stereocenters. The van der Waals surface area contributed by atoms with Crippen LogP contribution in [0.1, 0.15) is 5.56 Å². The van der Waals surface area contributed by atoms with Crippen LogP contribution in [0.25, 0.3) is 0 Å². The molecule has 2 aromatic carbocycles. The minimum Gasteiger partial charge on any atom is -0.398 e. The first-order valence-electron chi connectivity index (χ1n) is 5.86. The van der Waals surface area contributed by atoms with Crippen molar-refractivity contribution in [1.82, 2.24) is 0 Å². The summed E-state index contributed by atoms with van der Waals surface area (Å²) in [6.07, 6.45) is 0.275. The Morgan fingerprint density at radius 2 is 1.79 bits per heavy atom. The van der Waals surface area contributed by atoms with Crippen molar-refractivity contribution >= 4 is 17.1 Å². The highest BCUT2D eigenvalue weighted by atomic mass is 19.1. The van der Waals surface area contributed by atoms with E-state index in [4.69, 9.17) is 11.0 Å². The molecule has 0 unspecified atom stereocenters. The molecular weight excluding hydrogens is 241 g/mol. The van der Waals surface area contributed by atoms with E-state index in [1.54, 1.807) is 18.2 Å². The number of hydrogen-bond acceptors (Lipinski definition) is 3. The van der Waals surface area contributed by atoms with Gasteiger partial charge in [-0.15, -0.1) is 0 Å². The molecule has 0 aromatic heterocycles. The maximum absolute atomic E-state index is 12.9. The fourth-order valence-electron chi connectivity index (χ4n) is 1.85. The van der Waals surface area contributed by atoms with E-state index in [0.29, 0.717) is 5.69 Å². The van der Waals surface area contributed by atoms with Crippen LogP contribution in [0.5, 0.6) is 0 Å². The van der Waals surface area contributed by atoms with Crippen molar-refractivity contribution in [3.8, 4) is 6.07 Å². The second-order valence-electron chi connectivity index (χ2n) is 4.25. The zero-order valence-electron chi connectivity index (χ0n) is 10.6. The Bertz CT molecular complexity index is 614. The highest BCUT2D eigenvalue weighted by Gasteiger charge is 2.07. The molecule has 0 aliphatic carbocycles. The van der Waals surface area contributed by atoms with Gasteiger partial charge in [-0.2, -0.15) is 5.26 Å². The third-order valence-corrected chi connectivity index (χ3v) is 3.00. The van der Waals surface area contributed by atoms with E-state index in [9.17, 15) is 4.39 Å². The van der Waals surface area contributed by atoms with Crippen LogP contribution in [0.3, 0.4) is 0 Å². The number of nitriles is 1. The molecule has 19 heavy (non-hydrogen) atoms. The van der Waals surface area contributed by atoms with E-state index in [2.05, 4.69) is 6.07 Å². The van der Waals surface area contributed by atoms with Crippen LogP contribution >= 0.6 is 0 Å². The van der Waals surface area contributed by atoms with Crippen LogP contribution < -0.4 is 10.6 Å². The number of nitrogen functional groups attached to an aromatic ring is 1. The van der Waals surface area contributed by atoms with Crippen LogP contribution in [-0.2, 0) is 6.42 Å². The van der Waals surface area contributed by atoms with Crippen molar-refractivity contribution in [2.24, 2.45) is 0 Å². The second-order valence-corrected chi connectivity index (χ2v) is 4.25. The number of halogens is 1. The van der Waals surface area contributed by atoms with Crippen molar-refractivity contribution < 1.29 is 4.39 Å². The highest BCUT2D eigenvalue weighted by Crippen LogP contribution is 2.27. The minimum absolute atomic E-state index is 0.264. The van der Waals surface area contributed by atoms with Crippen LogP contribution in [-0.4, -0.2) is 7.05 Å². The molecule has 2 aromatic rings. The fraction of sp³-hybridized carbons (Fsp3) is 0.133. The molecule has 0 aliphatic heterocycles. The summed E-state index contributed by atoms with van der Waals surface area (Å²) in [7, 11) is 1.88. The van der Waals surface area contributed by atoms with E-state index in [0.717, 1.165) is 16.9 Å². The van der Waals surface area contributed by atoms with Gasteiger partial charge < -0.3 is 10.6 Å². The number of hydrogen-bond donors (Lipinski definition) is 1. The summed E-state index contributed by atoms with van der Waals surface area (Å²) in [5.74, 6) is -0.264. The lowest BCUT2D eigenvalue weighted by molar-refractivity contribution is 0.628. The van der Waals surface area contributed by atoms with Crippen LogP contribution in [0.4, 0.5) is 21.5 Å². The molecule has 0 bridgehead atoms. The Morgan fingerprint density at radius 1 is 1.16 bits per heavy atom. The summed E-state index contributed by atoms with van der Waals surface area (Å²) >= 11 is 0. The van der Waals surface area contributed by atoms with Gasteiger partial charge in [-0.1, -0.05) is 0 Å². The smallest absolute Gasteiger partial charge is 0.123 e.